The first-order valence-electron chi connectivity index (χ1n) is 8.10. The minimum atomic E-state index is -3.44. The largest absolute Gasteiger partial charge is 0.367 e. The third-order valence-electron chi connectivity index (χ3n) is 4.34. The molecule has 0 radical (unpaired) electrons. The molecule has 0 bridgehead atoms. The van der Waals surface area contributed by atoms with Crippen molar-refractivity contribution >= 4 is 21.9 Å². The van der Waals surface area contributed by atoms with E-state index in [1.807, 2.05) is 0 Å². The Kier molecular flexibility index (Phi) is 5.03. The van der Waals surface area contributed by atoms with Gasteiger partial charge in [-0.3, -0.25) is 4.79 Å². The zero-order chi connectivity index (χ0) is 18.9. The van der Waals surface area contributed by atoms with Gasteiger partial charge in [0.2, 0.25) is 0 Å². The molecule has 2 aromatic heterocycles. The molecule has 1 aliphatic rings. The molecular formula is C16H18F2N4O3S. The maximum absolute atomic E-state index is 13.3. The minimum absolute atomic E-state index is 0.00315. The van der Waals surface area contributed by atoms with E-state index < -0.39 is 22.0 Å². The second-order valence-corrected chi connectivity index (χ2v) is 8.24. The Balaban J connectivity index is 2.08. The van der Waals surface area contributed by atoms with Crippen LogP contribution in [0.15, 0.2) is 23.2 Å². The van der Waals surface area contributed by atoms with Gasteiger partial charge in [0, 0.05) is 18.5 Å². The maximum Gasteiger partial charge on any atom is 0.282 e. The third-order valence-corrected chi connectivity index (χ3v) is 5.43. The number of aromatic nitrogens is 3. The number of aldehydes is 1. The Morgan fingerprint density at radius 1 is 1.31 bits per heavy atom. The van der Waals surface area contributed by atoms with E-state index in [4.69, 9.17) is 0 Å². The molecule has 0 spiro atoms. The number of nitrogens with zero attached hydrogens (tertiary/aromatic N) is 3. The fourth-order valence-corrected chi connectivity index (χ4v) is 3.57. The average Bonchev–Trinajstić information content (AvgIpc) is 3.22. The lowest BCUT2D eigenvalue weighted by Gasteiger charge is -2.15. The molecule has 3 rings (SSSR count). The van der Waals surface area contributed by atoms with Gasteiger partial charge in [-0.05, 0) is 25.0 Å². The predicted octanol–water partition coefficient (Wildman–Crippen LogP) is 2.78. The summed E-state index contributed by atoms with van der Waals surface area (Å²) in [7, 11) is -3.44. The number of nitrogens with one attached hydrogen (secondary N) is 1. The molecule has 26 heavy (non-hydrogen) atoms. The summed E-state index contributed by atoms with van der Waals surface area (Å²) in [6, 6.07) is 2.75. The molecule has 2 aromatic rings. The van der Waals surface area contributed by atoms with Gasteiger partial charge in [0.05, 0.1) is 10.5 Å². The number of carbonyl (C=O) groups is 1. The fourth-order valence-electron chi connectivity index (χ4n) is 3.01. The van der Waals surface area contributed by atoms with Crippen molar-refractivity contribution < 1.29 is 22.0 Å². The van der Waals surface area contributed by atoms with E-state index >= 15 is 0 Å². The molecule has 1 saturated carbocycles. The number of sulfone groups is 1. The summed E-state index contributed by atoms with van der Waals surface area (Å²) in [5, 5.41) is 6.97. The molecule has 140 valence electrons. The first-order valence-corrected chi connectivity index (χ1v) is 9.99. The molecule has 1 N–H and O–H groups in total. The van der Waals surface area contributed by atoms with Gasteiger partial charge >= 0.3 is 0 Å². The monoisotopic (exact) mass is 384 g/mol. The Morgan fingerprint density at radius 2 is 2.00 bits per heavy atom. The topological polar surface area (TPSA) is 94.0 Å². The van der Waals surface area contributed by atoms with Crippen molar-refractivity contribution in [1.29, 1.82) is 0 Å². The van der Waals surface area contributed by atoms with Crippen molar-refractivity contribution in [2.75, 3.05) is 11.6 Å². The summed E-state index contributed by atoms with van der Waals surface area (Å²) < 4.78 is 50.8. The van der Waals surface area contributed by atoms with Crippen LogP contribution in [0.25, 0.3) is 5.82 Å². The molecule has 1 fully saturated rings. The Morgan fingerprint density at radius 3 is 2.50 bits per heavy atom. The number of alkyl halides is 2. The SMILES string of the molecule is CS(=O)(=O)c1ccc(-n2nc(C(F)F)c(C=O)c2NC2CCCC2)nc1. The Labute approximate surface area is 149 Å². The summed E-state index contributed by atoms with van der Waals surface area (Å²) in [6.45, 7) is 0. The quantitative estimate of drug-likeness (QED) is 0.770. The second-order valence-electron chi connectivity index (χ2n) is 6.23. The molecule has 0 amide bonds. The van der Waals surface area contributed by atoms with E-state index in [0.29, 0.717) is 6.29 Å². The van der Waals surface area contributed by atoms with Crippen LogP contribution in [0.5, 0.6) is 0 Å². The number of pyridine rings is 1. The normalized spacial score (nSPS) is 15.5. The van der Waals surface area contributed by atoms with Crippen LogP contribution in [0.4, 0.5) is 14.6 Å². The van der Waals surface area contributed by atoms with Crippen LogP contribution in [-0.2, 0) is 9.84 Å². The third kappa shape index (κ3) is 3.59. The highest BCUT2D eigenvalue weighted by Crippen LogP contribution is 2.31. The lowest BCUT2D eigenvalue weighted by Crippen LogP contribution is -2.18. The summed E-state index contributed by atoms with van der Waals surface area (Å²) >= 11 is 0. The zero-order valence-electron chi connectivity index (χ0n) is 14.0. The summed E-state index contributed by atoms with van der Waals surface area (Å²) in [4.78, 5) is 15.5. The zero-order valence-corrected chi connectivity index (χ0v) is 14.8. The van der Waals surface area contributed by atoms with E-state index in [1.54, 1.807) is 0 Å². The highest BCUT2D eigenvalue weighted by molar-refractivity contribution is 7.90. The van der Waals surface area contributed by atoms with Crippen LogP contribution in [0.3, 0.4) is 0 Å². The molecule has 10 heteroatoms. The van der Waals surface area contributed by atoms with Crippen molar-refractivity contribution in [2.24, 2.45) is 0 Å². The van der Waals surface area contributed by atoms with Gasteiger partial charge in [-0.25, -0.2) is 22.2 Å². The highest BCUT2D eigenvalue weighted by Gasteiger charge is 2.27. The van der Waals surface area contributed by atoms with Gasteiger partial charge in [-0.15, -0.1) is 0 Å². The van der Waals surface area contributed by atoms with E-state index in [-0.39, 0.29) is 28.1 Å². The molecule has 7 nitrogen and oxygen atoms in total. The molecule has 1 aliphatic carbocycles. The molecule has 0 aliphatic heterocycles. The van der Waals surface area contributed by atoms with E-state index in [9.17, 15) is 22.0 Å². The van der Waals surface area contributed by atoms with Gasteiger partial charge in [0.25, 0.3) is 6.43 Å². The van der Waals surface area contributed by atoms with Gasteiger partial charge in [0.15, 0.2) is 21.9 Å². The average molecular weight is 384 g/mol. The van der Waals surface area contributed by atoms with Gasteiger partial charge in [0.1, 0.15) is 11.5 Å². The van der Waals surface area contributed by atoms with Gasteiger partial charge in [-0.2, -0.15) is 9.78 Å². The van der Waals surface area contributed by atoms with Crippen LogP contribution < -0.4 is 5.32 Å². The van der Waals surface area contributed by atoms with Crippen LogP contribution in [0, 0.1) is 0 Å². The highest BCUT2D eigenvalue weighted by atomic mass is 32.2. The maximum atomic E-state index is 13.3. The smallest absolute Gasteiger partial charge is 0.282 e. The molecule has 2 heterocycles. The summed E-state index contributed by atoms with van der Waals surface area (Å²) in [5.74, 6) is 0.301. The van der Waals surface area contributed by atoms with Gasteiger partial charge in [-0.1, -0.05) is 12.8 Å². The molecular weight excluding hydrogens is 366 g/mol. The number of carbonyl (C=O) groups excluding carboxylic acids is 1. The van der Waals surface area contributed by atoms with Crippen molar-refractivity contribution in [2.45, 2.75) is 43.0 Å². The summed E-state index contributed by atoms with van der Waals surface area (Å²) in [5.41, 5.74) is -0.838. The lowest BCUT2D eigenvalue weighted by molar-refractivity contribution is 0.110. The summed E-state index contributed by atoms with van der Waals surface area (Å²) in [6.07, 6.45) is 3.39. The standard InChI is InChI=1S/C16H18F2N4O3S/c1-26(24,25)11-6-7-13(19-8-11)22-16(20-10-4-2-3-5-10)12(9-23)14(21-22)15(17)18/h6-10,15,20H,2-5H2,1H3. The number of halogens is 2. The van der Waals surface area contributed by atoms with Crippen molar-refractivity contribution in [1.82, 2.24) is 14.8 Å². The molecule has 0 saturated heterocycles. The van der Waals surface area contributed by atoms with Crippen molar-refractivity contribution in [3.8, 4) is 5.82 Å². The Bertz CT molecular complexity index is 904. The molecule has 0 unspecified atom stereocenters. The predicted molar refractivity (Wildman–Crippen MR) is 90.7 cm³/mol. The van der Waals surface area contributed by atoms with E-state index in [1.165, 1.54) is 12.1 Å². The second kappa shape index (κ2) is 7.10. The lowest BCUT2D eigenvalue weighted by atomic mass is 10.2. The van der Waals surface area contributed by atoms with Crippen molar-refractivity contribution in [3.05, 3.63) is 29.6 Å². The van der Waals surface area contributed by atoms with E-state index in [2.05, 4.69) is 15.4 Å². The van der Waals surface area contributed by atoms with Crippen molar-refractivity contribution in [3.63, 3.8) is 0 Å². The first-order chi connectivity index (χ1) is 12.3. The minimum Gasteiger partial charge on any atom is -0.367 e. The number of hydrogen-bond acceptors (Lipinski definition) is 6. The molecule has 0 atom stereocenters. The molecule has 0 aromatic carbocycles. The number of hydrogen-bond donors (Lipinski definition) is 1. The van der Waals surface area contributed by atoms with Crippen LogP contribution in [0.1, 0.15) is 48.2 Å². The number of anilines is 1. The van der Waals surface area contributed by atoms with Crippen LogP contribution in [-0.4, -0.2) is 41.8 Å². The van der Waals surface area contributed by atoms with Crippen LogP contribution in [0.2, 0.25) is 0 Å². The van der Waals surface area contributed by atoms with Gasteiger partial charge < -0.3 is 5.32 Å². The first kappa shape index (κ1) is 18.4. The fraction of sp³-hybridized carbons (Fsp3) is 0.438. The van der Waals surface area contributed by atoms with Crippen LogP contribution >= 0.6 is 0 Å². The Hall–Kier alpha value is -2.36. The van der Waals surface area contributed by atoms with E-state index in [0.717, 1.165) is 42.8 Å². The number of rotatable bonds is 6.